The highest BCUT2D eigenvalue weighted by Gasteiger charge is 2.28. The first-order valence-electron chi connectivity index (χ1n) is 11.9. The average Bonchev–Trinajstić information content (AvgIpc) is 3.70. The Labute approximate surface area is 203 Å². The van der Waals surface area contributed by atoms with E-state index in [1.165, 1.54) is 0 Å². The van der Waals surface area contributed by atoms with Crippen LogP contribution in [0.25, 0.3) is 10.9 Å². The fraction of sp³-hybridized carbons (Fsp3) is 0.286. The number of para-hydroxylation sites is 1. The molecule has 1 N–H and O–H groups in total. The van der Waals surface area contributed by atoms with E-state index in [1.54, 1.807) is 16.8 Å². The number of pyridine rings is 1. The molecule has 0 atom stereocenters. The number of benzene rings is 2. The molecule has 0 bridgehead atoms. The van der Waals surface area contributed by atoms with Crippen LogP contribution in [-0.4, -0.2) is 20.4 Å². The molecule has 7 nitrogen and oxygen atoms in total. The fourth-order valence-corrected chi connectivity index (χ4v) is 4.10. The van der Waals surface area contributed by atoms with Crippen LogP contribution in [0.1, 0.15) is 47.8 Å². The SMILES string of the molecule is Cc1ccc(C)c(Oc2ccc(CNC(=O)CCc3nc4ccccc4c(=O)n3C3CC3)cn2)c1. The van der Waals surface area contributed by atoms with Crippen LogP contribution >= 0.6 is 0 Å². The second-order valence-electron chi connectivity index (χ2n) is 9.10. The van der Waals surface area contributed by atoms with Crippen molar-refractivity contribution in [2.45, 2.75) is 52.1 Å². The average molecular weight is 469 g/mol. The van der Waals surface area contributed by atoms with Crippen LogP contribution in [-0.2, 0) is 17.8 Å². The number of nitrogens with one attached hydrogen (secondary N) is 1. The monoisotopic (exact) mass is 468 g/mol. The van der Waals surface area contributed by atoms with Crippen molar-refractivity contribution >= 4 is 16.8 Å². The summed E-state index contributed by atoms with van der Waals surface area (Å²) in [4.78, 5) is 34.6. The summed E-state index contributed by atoms with van der Waals surface area (Å²) in [5.41, 5.74) is 3.71. The molecule has 2 aromatic carbocycles. The van der Waals surface area contributed by atoms with E-state index in [0.29, 0.717) is 35.6 Å². The van der Waals surface area contributed by atoms with Gasteiger partial charge in [-0.25, -0.2) is 9.97 Å². The van der Waals surface area contributed by atoms with Crippen LogP contribution in [0.4, 0.5) is 0 Å². The third kappa shape index (κ3) is 5.24. The molecule has 0 aliphatic heterocycles. The first-order valence-corrected chi connectivity index (χ1v) is 11.9. The van der Waals surface area contributed by atoms with E-state index < -0.39 is 0 Å². The number of hydrogen-bond donors (Lipinski definition) is 1. The van der Waals surface area contributed by atoms with Gasteiger partial charge in [0.2, 0.25) is 11.8 Å². The predicted octanol–water partition coefficient (Wildman–Crippen LogP) is 4.78. The number of fused-ring (bicyclic) bond motifs is 1. The van der Waals surface area contributed by atoms with Gasteiger partial charge in [0.1, 0.15) is 11.6 Å². The maximum absolute atomic E-state index is 13.0. The Morgan fingerprint density at radius 3 is 2.71 bits per heavy atom. The van der Waals surface area contributed by atoms with Crippen LogP contribution in [0.15, 0.2) is 65.6 Å². The molecule has 0 unspecified atom stereocenters. The number of carbonyl (C=O) groups is 1. The number of rotatable bonds is 8. The zero-order valence-electron chi connectivity index (χ0n) is 20.0. The van der Waals surface area contributed by atoms with Crippen molar-refractivity contribution in [3.63, 3.8) is 0 Å². The molecule has 7 heteroatoms. The van der Waals surface area contributed by atoms with E-state index in [0.717, 1.165) is 35.3 Å². The quantitative estimate of drug-likeness (QED) is 0.402. The number of ether oxygens (including phenoxy) is 1. The normalized spacial score (nSPS) is 13.1. The molecule has 0 saturated heterocycles. The van der Waals surface area contributed by atoms with Gasteiger partial charge < -0.3 is 10.1 Å². The summed E-state index contributed by atoms with van der Waals surface area (Å²) in [6.07, 6.45) is 4.35. The topological polar surface area (TPSA) is 86.1 Å². The summed E-state index contributed by atoms with van der Waals surface area (Å²) < 4.78 is 7.69. The van der Waals surface area contributed by atoms with Crippen molar-refractivity contribution in [1.29, 1.82) is 0 Å². The van der Waals surface area contributed by atoms with E-state index in [9.17, 15) is 9.59 Å². The van der Waals surface area contributed by atoms with Crippen LogP contribution in [0, 0.1) is 13.8 Å². The molecule has 1 amide bonds. The second-order valence-corrected chi connectivity index (χ2v) is 9.10. The van der Waals surface area contributed by atoms with Gasteiger partial charge in [0.15, 0.2) is 0 Å². The van der Waals surface area contributed by atoms with Gasteiger partial charge in [0, 0.05) is 37.7 Å². The maximum atomic E-state index is 13.0. The van der Waals surface area contributed by atoms with Gasteiger partial charge in [0.25, 0.3) is 5.56 Å². The van der Waals surface area contributed by atoms with E-state index in [2.05, 4.69) is 10.3 Å². The highest BCUT2D eigenvalue weighted by Crippen LogP contribution is 2.35. The largest absolute Gasteiger partial charge is 0.439 e. The van der Waals surface area contributed by atoms with Crippen molar-refractivity contribution < 1.29 is 9.53 Å². The minimum absolute atomic E-state index is 0.0113. The Balaban J connectivity index is 1.19. The van der Waals surface area contributed by atoms with Gasteiger partial charge in [0.05, 0.1) is 10.9 Å². The lowest BCUT2D eigenvalue weighted by atomic mass is 10.1. The van der Waals surface area contributed by atoms with Gasteiger partial charge in [-0.3, -0.25) is 14.2 Å². The molecule has 2 heterocycles. The molecule has 178 valence electrons. The summed E-state index contributed by atoms with van der Waals surface area (Å²) in [5, 5.41) is 3.57. The molecule has 1 aliphatic rings. The summed E-state index contributed by atoms with van der Waals surface area (Å²) >= 11 is 0. The molecule has 4 aromatic rings. The Morgan fingerprint density at radius 1 is 1.11 bits per heavy atom. The van der Waals surface area contributed by atoms with Crippen molar-refractivity contribution in [3.8, 4) is 11.6 Å². The van der Waals surface area contributed by atoms with Crippen LogP contribution in [0.3, 0.4) is 0 Å². The highest BCUT2D eigenvalue weighted by molar-refractivity contribution is 5.78. The Morgan fingerprint density at radius 2 is 1.94 bits per heavy atom. The van der Waals surface area contributed by atoms with Gasteiger partial charge in [-0.2, -0.15) is 0 Å². The molecular formula is C28H28N4O3. The molecule has 2 aromatic heterocycles. The van der Waals surface area contributed by atoms with Gasteiger partial charge in [-0.05, 0) is 61.6 Å². The molecule has 5 rings (SSSR count). The zero-order chi connectivity index (χ0) is 24.4. The number of aryl methyl sites for hydroxylation is 3. The first-order chi connectivity index (χ1) is 17.0. The van der Waals surface area contributed by atoms with Crippen molar-refractivity contribution in [2.75, 3.05) is 0 Å². The summed E-state index contributed by atoms with van der Waals surface area (Å²) in [6.45, 7) is 4.39. The number of nitrogens with zero attached hydrogens (tertiary/aromatic N) is 3. The number of carbonyl (C=O) groups excluding carboxylic acids is 1. The Bertz CT molecular complexity index is 1440. The lowest BCUT2D eigenvalue weighted by Gasteiger charge is -2.13. The van der Waals surface area contributed by atoms with Crippen molar-refractivity contribution in [3.05, 3.63) is 93.7 Å². The fourth-order valence-electron chi connectivity index (χ4n) is 4.10. The summed E-state index contributed by atoms with van der Waals surface area (Å²) in [6, 6.07) is 17.3. The Hall–Kier alpha value is -4.00. The van der Waals surface area contributed by atoms with Crippen LogP contribution < -0.4 is 15.6 Å². The second kappa shape index (κ2) is 9.70. The standard InChI is InChI=1S/C28H28N4O3/c1-18-7-8-19(2)24(15-18)35-27-14-9-20(17-30-27)16-29-26(33)13-12-25-31-23-6-4-3-5-22(23)28(34)32(25)21-10-11-21/h3-9,14-15,17,21H,10-13,16H2,1-2H3,(H,29,33). The third-order valence-electron chi connectivity index (χ3n) is 6.21. The highest BCUT2D eigenvalue weighted by atomic mass is 16.5. The third-order valence-corrected chi connectivity index (χ3v) is 6.21. The minimum Gasteiger partial charge on any atom is -0.439 e. The summed E-state index contributed by atoms with van der Waals surface area (Å²) in [7, 11) is 0. The van der Waals surface area contributed by atoms with E-state index in [1.807, 2.05) is 62.4 Å². The number of amides is 1. The molecule has 35 heavy (non-hydrogen) atoms. The van der Waals surface area contributed by atoms with Crippen molar-refractivity contribution in [2.24, 2.45) is 0 Å². The Kier molecular flexibility index (Phi) is 6.31. The van der Waals surface area contributed by atoms with Crippen LogP contribution in [0.5, 0.6) is 11.6 Å². The number of hydrogen-bond acceptors (Lipinski definition) is 5. The lowest BCUT2D eigenvalue weighted by molar-refractivity contribution is -0.121. The van der Waals surface area contributed by atoms with Gasteiger partial charge in [-0.1, -0.05) is 30.3 Å². The minimum atomic E-state index is -0.0922. The predicted molar refractivity (Wildman–Crippen MR) is 135 cm³/mol. The lowest BCUT2D eigenvalue weighted by Crippen LogP contribution is -2.27. The molecule has 0 spiro atoms. The van der Waals surface area contributed by atoms with E-state index in [4.69, 9.17) is 9.72 Å². The van der Waals surface area contributed by atoms with E-state index in [-0.39, 0.29) is 23.9 Å². The van der Waals surface area contributed by atoms with E-state index >= 15 is 0 Å². The maximum Gasteiger partial charge on any atom is 0.261 e. The summed E-state index contributed by atoms with van der Waals surface area (Å²) in [5.74, 6) is 1.88. The number of aromatic nitrogens is 3. The van der Waals surface area contributed by atoms with Crippen molar-refractivity contribution in [1.82, 2.24) is 19.9 Å². The first kappa shape index (κ1) is 22.8. The molecule has 0 radical (unpaired) electrons. The smallest absolute Gasteiger partial charge is 0.261 e. The molecular weight excluding hydrogens is 440 g/mol. The molecule has 1 aliphatic carbocycles. The zero-order valence-corrected chi connectivity index (χ0v) is 20.0. The molecule has 1 saturated carbocycles. The van der Waals surface area contributed by atoms with Crippen LogP contribution in [0.2, 0.25) is 0 Å². The molecule has 1 fully saturated rings. The van der Waals surface area contributed by atoms with Gasteiger partial charge in [-0.15, -0.1) is 0 Å². The van der Waals surface area contributed by atoms with Gasteiger partial charge >= 0.3 is 0 Å².